The Morgan fingerprint density at radius 1 is 0.773 bits per heavy atom. The van der Waals surface area contributed by atoms with Crippen LogP contribution < -0.4 is 14.4 Å². The molecule has 0 aliphatic heterocycles. The van der Waals surface area contributed by atoms with Gasteiger partial charge in [0.05, 0.1) is 10.6 Å². The molecule has 0 aliphatic carbocycles. The molecular formula is C35H39N3O5S. The van der Waals surface area contributed by atoms with Gasteiger partial charge in [-0.2, -0.15) is 0 Å². The molecule has 0 bridgehead atoms. The van der Waals surface area contributed by atoms with Crippen LogP contribution in [0.4, 0.5) is 5.69 Å². The highest BCUT2D eigenvalue weighted by Crippen LogP contribution is 2.28. The Hall–Kier alpha value is -4.63. The minimum atomic E-state index is -4.15. The van der Waals surface area contributed by atoms with Crippen molar-refractivity contribution in [2.75, 3.05) is 17.4 Å². The van der Waals surface area contributed by atoms with Crippen molar-refractivity contribution < 1.29 is 22.7 Å². The van der Waals surface area contributed by atoms with Gasteiger partial charge in [-0.25, -0.2) is 8.42 Å². The molecule has 4 aromatic rings. The van der Waals surface area contributed by atoms with Crippen LogP contribution >= 0.6 is 0 Å². The van der Waals surface area contributed by atoms with Gasteiger partial charge in [-0.05, 0) is 80.8 Å². The third-order valence-electron chi connectivity index (χ3n) is 7.01. The molecule has 0 spiro atoms. The first-order valence-corrected chi connectivity index (χ1v) is 16.2. The lowest BCUT2D eigenvalue weighted by molar-refractivity contribution is -0.139. The monoisotopic (exact) mass is 613 g/mol. The molecule has 2 amide bonds. The van der Waals surface area contributed by atoms with E-state index >= 15 is 0 Å². The van der Waals surface area contributed by atoms with Crippen molar-refractivity contribution in [2.45, 2.75) is 50.6 Å². The van der Waals surface area contributed by atoms with Crippen LogP contribution in [0.2, 0.25) is 0 Å². The minimum absolute atomic E-state index is 0.0536. The number of nitrogens with zero attached hydrogens (tertiary/aromatic N) is 2. The number of anilines is 1. The molecule has 0 saturated carbocycles. The number of para-hydroxylation sites is 1. The third kappa shape index (κ3) is 8.48. The average molecular weight is 614 g/mol. The topological polar surface area (TPSA) is 96.0 Å². The molecule has 0 aliphatic rings. The molecule has 0 saturated heterocycles. The Morgan fingerprint density at radius 2 is 1.32 bits per heavy atom. The molecule has 0 fully saturated rings. The predicted molar refractivity (Wildman–Crippen MR) is 173 cm³/mol. The summed E-state index contributed by atoms with van der Waals surface area (Å²) in [6.07, 6.45) is 0.880. The summed E-state index contributed by atoms with van der Waals surface area (Å²) in [6.45, 7) is 5.32. The fraction of sp³-hybridized carbons (Fsp3) is 0.257. The van der Waals surface area contributed by atoms with E-state index in [-0.39, 0.29) is 23.4 Å². The summed E-state index contributed by atoms with van der Waals surface area (Å²) in [5.41, 5.74) is 1.30. The third-order valence-corrected chi connectivity index (χ3v) is 8.80. The number of sulfonamides is 1. The highest BCUT2D eigenvalue weighted by atomic mass is 32.2. The maximum Gasteiger partial charge on any atom is 0.264 e. The Kier molecular flexibility index (Phi) is 11.2. The molecule has 0 heterocycles. The molecule has 9 heteroatoms. The van der Waals surface area contributed by atoms with Crippen LogP contribution in [0.25, 0.3) is 0 Å². The fourth-order valence-corrected chi connectivity index (χ4v) is 6.27. The summed E-state index contributed by atoms with van der Waals surface area (Å²) in [6, 6.07) is 32.6. The Balaban J connectivity index is 1.68. The summed E-state index contributed by atoms with van der Waals surface area (Å²) in [5, 5.41) is 2.92. The minimum Gasteiger partial charge on any atom is -0.457 e. The highest BCUT2D eigenvalue weighted by molar-refractivity contribution is 7.92. The van der Waals surface area contributed by atoms with Gasteiger partial charge in [-0.3, -0.25) is 13.9 Å². The number of amides is 2. The van der Waals surface area contributed by atoms with Crippen molar-refractivity contribution in [3.8, 4) is 11.5 Å². The lowest BCUT2D eigenvalue weighted by Gasteiger charge is -2.33. The zero-order valence-corrected chi connectivity index (χ0v) is 26.1. The van der Waals surface area contributed by atoms with E-state index in [0.29, 0.717) is 30.0 Å². The van der Waals surface area contributed by atoms with E-state index in [1.165, 1.54) is 17.0 Å². The molecule has 0 aromatic heterocycles. The van der Waals surface area contributed by atoms with Crippen LogP contribution in [0.1, 0.15) is 32.8 Å². The van der Waals surface area contributed by atoms with Crippen molar-refractivity contribution >= 4 is 27.5 Å². The molecule has 1 N–H and O–H groups in total. The van der Waals surface area contributed by atoms with Gasteiger partial charge in [0, 0.05) is 12.6 Å². The van der Waals surface area contributed by atoms with E-state index in [4.69, 9.17) is 4.74 Å². The van der Waals surface area contributed by atoms with E-state index in [9.17, 15) is 18.0 Å². The molecule has 4 rings (SSSR count). The number of hydrogen-bond donors (Lipinski definition) is 1. The van der Waals surface area contributed by atoms with Crippen LogP contribution in [0.5, 0.6) is 11.5 Å². The number of ether oxygens (including phenoxy) is 1. The Morgan fingerprint density at radius 3 is 1.89 bits per heavy atom. The first kappa shape index (κ1) is 32.3. The fourth-order valence-electron chi connectivity index (χ4n) is 4.83. The molecule has 0 unspecified atom stereocenters. The van der Waals surface area contributed by atoms with Gasteiger partial charge in [0.25, 0.3) is 10.0 Å². The lowest BCUT2D eigenvalue weighted by Crippen LogP contribution is -2.54. The number of hydrogen-bond acceptors (Lipinski definition) is 5. The maximum absolute atomic E-state index is 14.1. The molecule has 230 valence electrons. The second-order valence-corrected chi connectivity index (χ2v) is 12.5. The van der Waals surface area contributed by atoms with Gasteiger partial charge < -0.3 is 15.0 Å². The first-order valence-electron chi connectivity index (χ1n) is 14.7. The van der Waals surface area contributed by atoms with Gasteiger partial charge >= 0.3 is 0 Å². The largest absolute Gasteiger partial charge is 0.457 e. The standard InChI is InChI=1S/C35H39N3O5S/c1-4-33(35(40)36-27(2)3)37(25-24-28-14-8-5-9-15-28)34(39)26-38(44(41,42)32-18-12-7-13-19-32)29-20-22-31(23-21-29)43-30-16-10-6-11-17-30/h5-23,27,33H,4,24-26H2,1-3H3,(H,36,40)/t33-/m0/s1. The Bertz CT molecular complexity index is 1600. The quantitative estimate of drug-likeness (QED) is 0.187. The zero-order chi connectivity index (χ0) is 31.5. The van der Waals surface area contributed by atoms with Crippen molar-refractivity contribution in [3.63, 3.8) is 0 Å². The second-order valence-electron chi connectivity index (χ2n) is 10.6. The molecular weight excluding hydrogens is 574 g/mol. The second kappa shape index (κ2) is 15.2. The summed E-state index contributed by atoms with van der Waals surface area (Å²) in [7, 11) is -4.15. The van der Waals surface area contributed by atoms with Gasteiger partial charge in [0.2, 0.25) is 11.8 Å². The van der Waals surface area contributed by atoms with Gasteiger partial charge in [-0.1, -0.05) is 73.7 Å². The van der Waals surface area contributed by atoms with Crippen LogP contribution in [-0.4, -0.2) is 50.3 Å². The van der Waals surface area contributed by atoms with Crippen LogP contribution in [0, 0.1) is 0 Å². The van der Waals surface area contributed by atoms with Crippen molar-refractivity contribution in [1.29, 1.82) is 0 Å². The first-order chi connectivity index (χ1) is 21.2. The number of benzene rings is 4. The van der Waals surface area contributed by atoms with Gasteiger partial charge in [0.1, 0.15) is 24.1 Å². The number of rotatable bonds is 14. The SMILES string of the molecule is CC[C@@H](C(=O)NC(C)C)N(CCc1ccccc1)C(=O)CN(c1ccc(Oc2ccccc2)cc1)S(=O)(=O)c1ccccc1. The maximum atomic E-state index is 14.1. The zero-order valence-electron chi connectivity index (χ0n) is 25.3. The smallest absolute Gasteiger partial charge is 0.264 e. The summed E-state index contributed by atoms with van der Waals surface area (Å²) in [4.78, 5) is 29.0. The van der Waals surface area contributed by atoms with E-state index in [0.717, 1.165) is 9.87 Å². The molecule has 4 aromatic carbocycles. The van der Waals surface area contributed by atoms with E-state index in [1.54, 1.807) is 42.5 Å². The summed E-state index contributed by atoms with van der Waals surface area (Å²) >= 11 is 0. The molecule has 1 atom stereocenters. The normalized spacial score (nSPS) is 11.9. The van der Waals surface area contributed by atoms with E-state index in [1.807, 2.05) is 81.4 Å². The summed E-state index contributed by atoms with van der Waals surface area (Å²) in [5.74, 6) is 0.410. The average Bonchev–Trinajstić information content (AvgIpc) is 3.03. The van der Waals surface area contributed by atoms with Crippen molar-refractivity contribution in [2.24, 2.45) is 0 Å². The number of carbonyl (C=O) groups is 2. The number of carbonyl (C=O) groups excluding carboxylic acids is 2. The molecule has 44 heavy (non-hydrogen) atoms. The molecule has 8 nitrogen and oxygen atoms in total. The van der Waals surface area contributed by atoms with Crippen molar-refractivity contribution in [1.82, 2.24) is 10.2 Å². The predicted octanol–water partition coefficient (Wildman–Crippen LogP) is 6.05. The summed E-state index contributed by atoms with van der Waals surface area (Å²) < 4.78 is 35.0. The highest BCUT2D eigenvalue weighted by Gasteiger charge is 2.33. The van der Waals surface area contributed by atoms with Crippen LogP contribution in [-0.2, 0) is 26.0 Å². The molecule has 0 radical (unpaired) electrons. The number of nitrogens with one attached hydrogen (secondary N) is 1. The lowest BCUT2D eigenvalue weighted by atomic mass is 10.1. The van der Waals surface area contributed by atoms with Crippen LogP contribution in [0.15, 0.2) is 120 Å². The van der Waals surface area contributed by atoms with Gasteiger partial charge in [-0.15, -0.1) is 0 Å². The van der Waals surface area contributed by atoms with Crippen LogP contribution in [0.3, 0.4) is 0 Å². The Labute approximate surface area is 260 Å². The van der Waals surface area contributed by atoms with E-state index < -0.39 is 28.5 Å². The van der Waals surface area contributed by atoms with Gasteiger partial charge in [0.15, 0.2) is 0 Å². The van der Waals surface area contributed by atoms with E-state index in [2.05, 4.69) is 5.32 Å². The van der Waals surface area contributed by atoms with Crippen molar-refractivity contribution in [3.05, 3.63) is 121 Å².